The van der Waals surface area contributed by atoms with Gasteiger partial charge >= 0.3 is 37.2 Å². The molecule has 2 atom stereocenters. The van der Waals surface area contributed by atoms with Gasteiger partial charge in [-0.25, -0.2) is 0 Å². The van der Waals surface area contributed by atoms with Crippen LogP contribution in [0.15, 0.2) is 115 Å². The first-order valence-electron chi connectivity index (χ1n) is 12.4. The van der Waals surface area contributed by atoms with E-state index in [-0.39, 0.29) is 28.8 Å². The van der Waals surface area contributed by atoms with E-state index in [1.807, 2.05) is 115 Å². The van der Waals surface area contributed by atoms with Gasteiger partial charge in [0.25, 0.3) is 0 Å². The first-order chi connectivity index (χ1) is 20.1. The molecule has 1 unspecified atom stereocenters. The van der Waals surface area contributed by atoms with E-state index >= 15 is 0 Å². The molecule has 0 N–H and O–H groups in total. The molecule has 0 saturated heterocycles. The van der Waals surface area contributed by atoms with Crippen molar-refractivity contribution in [2.45, 2.75) is 19.8 Å². The minimum atomic E-state index is -1.59. The zero-order valence-corrected chi connectivity index (χ0v) is 25.1. The van der Waals surface area contributed by atoms with Crippen LogP contribution in [0, 0.1) is 25.1 Å². The van der Waals surface area contributed by atoms with Crippen molar-refractivity contribution >= 4 is 20.4 Å². The molecule has 3 aromatic carbocycles. The van der Waals surface area contributed by atoms with E-state index in [1.165, 1.54) is 14.0 Å². The molecule has 0 fully saturated rings. The molecule has 8 nitrogen and oxygen atoms in total. The number of ether oxygens (including phenoxy) is 1. The quantitative estimate of drug-likeness (QED) is 0.0615. The average Bonchev–Trinajstić information content (AvgIpc) is 3.30. The maximum absolute atomic E-state index is 11.5. The van der Waals surface area contributed by atoms with Crippen LogP contribution in [0.5, 0.6) is 17.2 Å². The molecule has 0 aromatic heterocycles. The molecule has 0 aliphatic heterocycles. The summed E-state index contributed by atoms with van der Waals surface area (Å²) in [7, 11) is -0.273. The summed E-state index contributed by atoms with van der Waals surface area (Å²) in [4.78, 5) is 22.9. The maximum Gasteiger partial charge on any atom is 0.530 e. The Labute approximate surface area is 258 Å². The Balaban J connectivity index is 0.000000740. The minimum absolute atomic E-state index is 0. The number of allylic oxidation sites excluding steroid dienone is 4. The van der Waals surface area contributed by atoms with Crippen LogP contribution >= 0.6 is 8.60 Å². The van der Waals surface area contributed by atoms with Crippen LogP contribution < -0.4 is 13.6 Å². The number of para-hydroxylation sites is 3. The summed E-state index contributed by atoms with van der Waals surface area (Å²) in [5.41, 5.74) is 0. The fourth-order valence-corrected chi connectivity index (χ4v) is 4.57. The predicted octanol–water partition coefficient (Wildman–Crippen LogP) is 7.26. The molecule has 4 rings (SSSR count). The molecule has 0 spiro atoms. The maximum atomic E-state index is 11.5. The number of esters is 1. The second-order valence-corrected chi connectivity index (χ2v) is 9.10. The van der Waals surface area contributed by atoms with E-state index in [2.05, 4.69) is 18.0 Å². The Hall–Kier alpha value is -3.89. The summed E-state index contributed by atoms with van der Waals surface area (Å²) in [5.74, 6) is 0.884. The molecular weight excluding hydrogens is 599 g/mol. The third-order valence-corrected chi connectivity index (χ3v) is 6.44. The number of hydrogen-bond donors (Lipinski definition) is 0. The van der Waals surface area contributed by atoms with Crippen molar-refractivity contribution < 1.29 is 54.3 Å². The van der Waals surface area contributed by atoms with Crippen LogP contribution in [-0.2, 0) is 40.7 Å². The van der Waals surface area contributed by atoms with Crippen LogP contribution in [-0.4, -0.2) is 18.9 Å². The molecule has 42 heavy (non-hydrogen) atoms. The van der Waals surface area contributed by atoms with E-state index in [0.29, 0.717) is 17.2 Å². The third-order valence-electron chi connectivity index (χ3n) is 5.36. The summed E-state index contributed by atoms with van der Waals surface area (Å²) in [5, 5.41) is 0. The third kappa shape index (κ3) is 14.7. The smallest absolute Gasteiger partial charge is 0.409 e. The van der Waals surface area contributed by atoms with E-state index in [1.54, 1.807) is 0 Å². The van der Waals surface area contributed by atoms with Crippen LogP contribution in [0.4, 0.5) is 0 Å². The van der Waals surface area contributed by atoms with Crippen molar-refractivity contribution in [2.75, 3.05) is 7.11 Å². The molecule has 1 aliphatic carbocycles. The fourth-order valence-electron chi connectivity index (χ4n) is 3.57. The molecule has 0 radical (unpaired) electrons. The largest absolute Gasteiger partial charge is 0.530 e. The van der Waals surface area contributed by atoms with Gasteiger partial charge in [0.1, 0.15) is 28.9 Å². The molecule has 0 heterocycles. The summed E-state index contributed by atoms with van der Waals surface area (Å²) < 4.78 is 37.2. The Morgan fingerprint density at radius 2 is 1.17 bits per heavy atom. The van der Waals surface area contributed by atoms with E-state index in [9.17, 15) is 9.59 Å². The fraction of sp³-hybridized carbons (Fsp3) is 0.188. The van der Waals surface area contributed by atoms with Gasteiger partial charge in [0.05, 0.1) is 7.11 Å². The Bertz CT molecular complexity index is 1140. The summed E-state index contributed by atoms with van der Waals surface area (Å²) in [6.45, 7) is 10.4. The first-order valence-corrected chi connectivity index (χ1v) is 13.5. The van der Waals surface area contributed by atoms with Gasteiger partial charge < -0.3 is 18.3 Å². The van der Waals surface area contributed by atoms with E-state index in [4.69, 9.17) is 22.9 Å². The van der Waals surface area contributed by atoms with Crippen molar-refractivity contribution in [2.24, 2.45) is 11.8 Å². The second-order valence-electron chi connectivity index (χ2n) is 8.10. The Kier molecular flexibility index (Phi) is 21.6. The predicted molar refractivity (Wildman–Crippen MR) is 153 cm³/mol. The van der Waals surface area contributed by atoms with E-state index in [0.717, 1.165) is 12.8 Å². The molecule has 10 heteroatoms. The van der Waals surface area contributed by atoms with Crippen molar-refractivity contribution in [1.29, 1.82) is 0 Å². The van der Waals surface area contributed by atoms with Gasteiger partial charge in [-0.3, -0.25) is 9.59 Å². The molecule has 3 aromatic rings. The van der Waals surface area contributed by atoms with Gasteiger partial charge in [-0.2, -0.15) is 0 Å². The van der Waals surface area contributed by atoms with Crippen LogP contribution in [0.1, 0.15) is 19.8 Å². The normalized spacial score (nSPS) is 13.3. The van der Waals surface area contributed by atoms with E-state index < -0.39 is 20.5 Å². The van der Waals surface area contributed by atoms with Crippen LogP contribution in [0.25, 0.3) is 0 Å². The average molecular weight is 630 g/mol. The topological polar surface area (TPSA) is 111 Å². The monoisotopic (exact) mass is 630 g/mol. The molecule has 0 bridgehead atoms. The molecule has 0 amide bonds. The second kappa shape index (κ2) is 23.8. The summed E-state index contributed by atoms with van der Waals surface area (Å²) in [6, 6.07) is 28.5. The number of Topliss-reactive ketones (excluding diaryl/α,β-unsaturated/α-hetero) is 1. The summed E-state index contributed by atoms with van der Waals surface area (Å²) in [6.07, 6.45) is 9.47. The molecule has 220 valence electrons. The van der Waals surface area contributed by atoms with Crippen molar-refractivity contribution in [3.05, 3.63) is 129 Å². The van der Waals surface area contributed by atoms with Gasteiger partial charge in [-0.15, -0.1) is 0 Å². The van der Waals surface area contributed by atoms with Gasteiger partial charge in [0.2, 0.25) is 0 Å². The number of hydrogen-bond acceptors (Lipinski definition) is 6. The number of methoxy groups -OCH3 is 1. The van der Waals surface area contributed by atoms with Crippen LogP contribution in [0.2, 0.25) is 0 Å². The van der Waals surface area contributed by atoms with Gasteiger partial charge in [-0.1, -0.05) is 78.9 Å². The molecule has 0 saturated carbocycles. The zero-order valence-electron chi connectivity index (χ0n) is 23.1. The van der Waals surface area contributed by atoms with Gasteiger partial charge in [0, 0.05) is 17.1 Å². The number of carbonyl (C=O) groups excluding carboxylic acids is 2. The standard InChI is InChI=1S/C18H15O3P.C12H16O3.2CO.Fe/c1-4-10-16(11-5-1)19-22(20-17-12-6-2-7-13-17)21-18-14-8-3-9-15-18;1-9(13)11(12(14)15-2)10-7-5-3-4-6-8-10;2*1-2;/h1-15H;3-5,7,10-11H,6,8H2,1-2H3;;;/t;10-,11?;;;/m.0.../s1. The van der Waals surface area contributed by atoms with Crippen molar-refractivity contribution in [1.82, 2.24) is 0 Å². The van der Waals surface area contributed by atoms with Crippen molar-refractivity contribution in [3.8, 4) is 17.2 Å². The SMILES string of the molecule is COC(=O)C(C(C)=O)[C@H]1C=CC=CCC1.[C-]#[O+].[C-]#[O+].[Fe].c1ccc(OP(Oc2ccccc2)Oc2ccccc2)cc1. The van der Waals surface area contributed by atoms with Gasteiger partial charge in [0.15, 0.2) is 0 Å². The first kappa shape index (κ1) is 38.1. The van der Waals surface area contributed by atoms with Crippen molar-refractivity contribution in [3.63, 3.8) is 0 Å². The number of ketones is 1. The molecule has 1 aliphatic rings. The van der Waals surface area contributed by atoms with Gasteiger partial charge in [-0.05, 0) is 62.1 Å². The number of benzene rings is 3. The molecular formula is C32H31FeO8P. The number of carbonyl (C=O) groups is 2. The summed E-state index contributed by atoms with van der Waals surface area (Å²) >= 11 is 0. The Morgan fingerprint density at radius 1 is 0.762 bits per heavy atom. The zero-order chi connectivity index (χ0) is 30.3. The Morgan fingerprint density at radius 3 is 1.52 bits per heavy atom. The van der Waals surface area contributed by atoms with Crippen LogP contribution in [0.3, 0.4) is 0 Å². The number of rotatable bonds is 9. The minimum Gasteiger partial charge on any atom is -0.409 e.